The lowest BCUT2D eigenvalue weighted by Gasteiger charge is -2.10. The van der Waals surface area contributed by atoms with Gasteiger partial charge in [0.2, 0.25) is 0 Å². The molecule has 0 aromatic heterocycles. The summed E-state index contributed by atoms with van der Waals surface area (Å²) in [7, 11) is 1.50. The molecule has 2 N–H and O–H groups in total. The number of benzene rings is 1. The fraction of sp³-hybridized carbons (Fsp3) is 0.455. The average Bonchev–Trinajstić information content (AvgIpc) is 2.24. The summed E-state index contributed by atoms with van der Waals surface area (Å²) in [5, 5.41) is 0. The second-order valence-corrected chi connectivity index (χ2v) is 3.47. The van der Waals surface area contributed by atoms with E-state index in [0.717, 1.165) is 0 Å². The Bertz CT molecular complexity index is 366. The molecule has 0 saturated heterocycles. The van der Waals surface area contributed by atoms with Crippen molar-refractivity contribution in [1.82, 2.24) is 0 Å². The Balaban J connectivity index is 2.42. The van der Waals surface area contributed by atoms with Gasteiger partial charge in [-0.3, -0.25) is 0 Å². The zero-order valence-electron chi connectivity index (χ0n) is 9.38. The molecule has 1 aromatic carbocycles. The molecule has 1 aromatic rings. The van der Waals surface area contributed by atoms with Crippen molar-refractivity contribution in [2.24, 2.45) is 0 Å². The molecule has 0 unspecified atom stereocenters. The largest absolute Gasteiger partial charge is 0.497 e. The molecule has 96 valence electrons. The van der Waals surface area contributed by atoms with Crippen molar-refractivity contribution in [2.45, 2.75) is 19.0 Å². The number of hydrogen-bond acceptors (Lipinski definition) is 3. The van der Waals surface area contributed by atoms with Crippen LogP contribution in [0.1, 0.15) is 12.8 Å². The van der Waals surface area contributed by atoms with Crippen LogP contribution in [0.3, 0.4) is 0 Å². The topological polar surface area (TPSA) is 44.5 Å². The quantitative estimate of drug-likeness (QED) is 0.644. The summed E-state index contributed by atoms with van der Waals surface area (Å²) in [5.41, 5.74) is 5.98. The monoisotopic (exact) mass is 249 g/mol. The Morgan fingerprint density at radius 3 is 2.53 bits per heavy atom. The molecular weight excluding hydrogens is 235 g/mol. The van der Waals surface area contributed by atoms with Gasteiger partial charge in [-0.25, -0.2) is 0 Å². The minimum atomic E-state index is -4.14. The van der Waals surface area contributed by atoms with Crippen molar-refractivity contribution in [3.63, 3.8) is 0 Å². The van der Waals surface area contributed by atoms with Crippen molar-refractivity contribution in [3.8, 4) is 11.5 Å². The number of nitrogens with two attached hydrogens (primary N) is 1. The fourth-order valence-corrected chi connectivity index (χ4v) is 1.24. The number of ether oxygens (including phenoxy) is 2. The Morgan fingerprint density at radius 1 is 1.29 bits per heavy atom. The Hall–Kier alpha value is -1.59. The first-order valence-electron chi connectivity index (χ1n) is 5.05. The second-order valence-electron chi connectivity index (χ2n) is 3.47. The molecule has 0 heterocycles. The predicted molar refractivity (Wildman–Crippen MR) is 58.2 cm³/mol. The summed E-state index contributed by atoms with van der Waals surface area (Å²) in [6.07, 6.45) is -5.09. The van der Waals surface area contributed by atoms with Crippen LogP contribution < -0.4 is 15.2 Å². The van der Waals surface area contributed by atoms with E-state index in [9.17, 15) is 13.2 Å². The highest BCUT2D eigenvalue weighted by atomic mass is 19.4. The van der Waals surface area contributed by atoms with E-state index in [2.05, 4.69) is 0 Å². The van der Waals surface area contributed by atoms with E-state index in [-0.39, 0.29) is 13.0 Å². The van der Waals surface area contributed by atoms with Gasteiger partial charge in [0.25, 0.3) is 0 Å². The third kappa shape index (κ3) is 4.84. The van der Waals surface area contributed by atoms with Gasteiger partial charge in [0, 0.05) is 12.5 Å². The minimum absolute atomic E-state index is 0.0178. The Morgan fingerprint density at radius 2 is 2.00 bits per heavy atom. The van der Waals surface area contributed by atoms with E-state index >= 15 is 0 Å². The van der Waals surface area contributed by atoms with Crippen LogP contribution in [0.15, 0.2) is 18.2 Å². The summed E-state index contributed by atoms with van der Waals surface area (Å²) < 4.78 is 45.7. The van der Waals surface area contributed by atoms with E-state index in [4.69, 9.17) is 15.2 Å². The van der Waals surface area contributed by atoms with E-state index in [0.29, 0.717) is 17.2 Å². The van der Waals surface area contributed by atoms with Gasteiger partial charge in [0.15, 0.2) is 0 Å². The number of nitrogen functional groups attached to an aromatic ring is 1. The molecule has 0 amide bonds. The predicted octanol–water partition coefficient (Wildman–Crippen LogP) is 3.00. The van der Waals surface area contributed by atoms with Crippen LogP contribution >= 0.6 is 0 Å². The number of hydrogen-bond donors (Lipinski definition) is 1. The highest BCUT2D eigenvalue weighted by molar-refractivity contribution is 5.56. The molecule has 6 heteroatoms. The smallest absolute Gasteiger partial charge is 0.389 e. The molecule has 0 atom stereocenters. The molecule has 0 aliphatic carbocycles. The summed E-state index contributed by atoms with van der Waals surface area (Å²) in [6.45, 7) is -0.0178. The highest BCUT2D eigenvalue weighted by Gasteiger charge is 2.26. The lowest BCUT2D eigenvalue weighted by molar-refractivity contribution is -0.136. The van der Waals surface area contributed by atoms with Crippen LogP contribution in [0.25, 0.3) is 0 Å². The first kappa shape index (κ1) is 13.5. The zero-order chi connectivity index (χ0) is 12.9. The molecule has 0 saturated carbocycles. The maximum absolute atomic E-state index is 11.9. The third-order valence-electron chi connectivity index (χ3n) is 2.08. The first-order valence-corrected chi connectivity index (χ1v) is 5.05. The lowest BCUT2D eigenvalue weighted by atomic mass is 10.2. The van der Waals surface area contributed by atoms with Gasteiger partial charge in [-0.15, -0.1) is 0 Å². The van der Waals surface area contributed by atoms with Crippen LogP contribution in [0, 0.1) is 0 Å². The van der Waals surface area contributed by atoms with Crippen LogP contribution in [0.2, 0.25) is 0 Å². The summed E-state index contributed by atoms with van der Waals surface area (Å²) in [4.78, 5) is 0. The van der Waals surface area contributed by atoms with Gasteiger partial charge < -0.3 is 15.2 Å². The number of anilines is 1. The molecule has 3 nitrogen and oxygen atoms in total. The van der Waals surface area contributed by atoms with E-state index < -0.39 is 12.6 Å². The Kier molecular flexibility index (Phi) is 4.48. The SMILES string of the molecule is COc1ccc(OCCCC(F)(F)F)c(N)c1. The van der Waals surface area contributed by atoms with Crippen molar-refractivity contribution in [1.29, 1.82) is 0 Å². The van der Waals surface area contributed by atoms with Crippen LogP contribution in [-0.4, -0.2) is 19.9 Å². The van der Waals surface area contributed by atoms with Crippen molar-refractivity contribution in [3.05, 3.63) is 18.2 Å². The standard InChI is InChI=1S/C11H14F3NO2/c1-16-8-3-4-10(9(15)7-8)17-6-2-5-11(12,13)14/h3-4,7H,2,5-6,15H2,1H3. The molecule has 0 aliphatic rings. The molecule has 0 bridgehead atoms. The molecular formula is C11H14F3NO2. The molecule has 0 fully saturated rings. The maximum Gasteiger partial charge on any atom is 0.389 e. The fourth-order valence-electron chi connectivity index (χ4n) is 1.24. The van der Waals surface area contributed by atoms with Gasteiger partial charge in [-0.05, 0) is 18.6 Å². The van der Waals surface area contributed by atoms with Crippen molar-refractivity contribution in [2.75, 3.05) is 19.5 Å². The maximum atomic E-state index is 11.9. The van der Waals surface area contributed by atoms with Gasteiger partial charge in [-0.1, -0.05) is 0 Å². The van der Waals surface area contributed by atoms with Crippen molar-refractivity contribution < 1.29 is 22.6 Å². The van der Waals surface area contributed by atoms with Crippen LogP contribution in [-0.2, 0) is 0 Å². The zero-order valence-corrected chi connectivity index (χ0v) is 9.38. The van der Waals surface area contributed by atoms with E-state index in [1.54, 1.807) is 18.2 Å². The number of rotatable bonds is 5. The summed E-state index contributed by atoms with van der Waals surface area (Å²) >= 11 is 0. The highest BCUT2D eigenvalue weighted by Crippen LogP contribution is 2.27. The molecule has 17 heavy (non-hydrogen) atoms. The number of halogens is 3. The molecule has 1 rings (SSSR count). The Labute approximate surface area is 97.3 Å². The van der Waals surface area contributed by atoms with Gasteiger partial charge in [0.05, 0.1) is 19.4 Å². The lowest BCUT2D eigenvalue weighted by Crippen LogP contribution is -2.10. The number of alkyl halides is 3. The molecule has 0 spiro atoms. The summed E-state index contributed by atoms with van der Waals surface area (Å²) in [5.74, 6) is 0.943. The van der Waals surface area contributed by atoms with Gasteiger partial charge in [-0.2, -0.15) is 13.2 Å². The van der Waals surface area contributed by atoms with E-state index in [1.165, 1.54) is 7.11 Å². The number of methoxy groups -OCH3 is 1. The van der Waals surface area contributed by atoms with E-state index in [1.807, 2.05) is 0 Å². The normalized spacial score (nSPS) is 11.3. The van der Waals surface area contributed by atoms with Gasteiger partial charge in [0.1, 0.15) is 11.5 Å². The third-order valence-corrected chi connectivity index (χ3v) is 2.08. The first-order chi connectivity index (χ1) is 7.92. The molecule has 0 radical (unpaired) electrons. The van der Waals surface area contributed by atoms with Crippen LogP contribution in [0.4, 0.5) is 18.9 Å². The minimum Gasteiger partial charge on any atom is -0.497 e. The average molecular weight is 249 g/mol. The van der Waals surface area contributed by atoms with Crippen molar-refractivity contribution >= 4 is 5.69 Å². The summed E-state index contributed by atoms with van der Waals surface area (Å²) in [6, 6.07) is 4.76. The molecule has 0 aliphatic heterocycles. The van der Waals surface area contributed by atoms with Crippen LogP contribution in [0.5, 0.6) is 11.5 Å². The second kappa shape index (κ2) is 5.65. The van der Waals surface area contributed by atoms with Gasteiger partial charge >= 0.3 is 6.18 Å².